The zero-order valence-electron chi connectivity index (χ0n) is 11.3. The number of nitrogens with zero attached hydrogens (tertiary/aromatic N) is 2. The average molecular weight is 251 g/mol. The molecular weight excluding hydrogens is 230 g/mol. The van der Waals surface area contributed by atoms with Crippen molar-refractivity contribution in [2.45, 2.75) is 13.0 Å². The lowest BCUT2D eigenvalue weighted by molar-refractivity contribution is 0.0593. The Bertz CT molecular complexity index is 382. The Morgan fingerprint density at radius 3 is 2.94 bits per heavy atom. The smallest absolute Gasteiger partial charge is 0.356 e. The van der Waals surface area contributed by atoms with Gasteiger partial charge in [0.2, 0.25) is 0 Å². The molecule has 0 spiro atoms. The number of esters is 1. The van der Waals surface area contributed by atoms with Crippen LogP contribution >= 0.6 is 0 Å². The van der Waals surface area contributed by atoms with E-state index in [1.165, 1.54) is 7.11 Å². The van der Waals surface area contributed by atoms with Crippen LogP contribution in [0, 0.1) is 0 Å². The fourth-order valence-electron chi connectivity index (χ4n) is 1.67. The van der Waals surface area contributed by atoms with Gasteiger partial charge in [-0.05, 0) is 45.7 Å². The van der Waals surface area contributed by atoms with Crippen molar-refractivity contribution in [1.82, 2.24) is 15.2 Å². The number of aromatic nitrogens is 1. The largest absolute Gasteiger partial charge is 0.464 e. The van der Waals surface area contributed by atoms with E-state index in [0.29, 0.717) is 5.69 Å². The third-order valence-electron chi connectivity index (χ3n) is 2.60. The Kier molecular flexibility index (Phi) is 6.32. The standard InChI is InChI=1S/C13H21N3O2/c1-14-8-5-9-16(2)10-11-6-4-7-12(15-11)13(17)18-3/h4,6-7,14H,5,8-10H2,1-3H3. The van der Waals surface area contributed by atoms with Crippen LogP contribution < -0.4 is 5.32 Å². The van der Waals surface area contributed by atoms with E-state index in [2.05, 4.69) is 19.9 Å². The van der Waals surface area contributed by atoms with Crippen molar-refractivity contribution in [3.05, 3.63) is 29.6 Å². The van der Waals surface area contributed by atoms with Crippen molar-refractivity contribution in [2.24, 2.45) is 0 Å². The Morgan fingerprint density at radius 1 is 1.50 bits per heavy atom. The van der Waals surface area contributed by atoms with Crippen molar-refractivity contribution in [2.75, 3.05) is 34.3 Å². The molecule has 0 unspecified atom stereocenters. The first kappa shape index (κ1) is 14.6. The summed E-state index contributed by atoms with van der Waals surface area (Å²) in [6.45, 7) is 2.72. The van der Waals surface area contributed by atoms with E-state index in [4.69, 9.17) is 0 Å². The maximum absolute atomic E-state index is 11.4. The fourth-order valence-corrected chi connectivity index (χ4v) is 1.67. The maximum atomic E-state index is 11.4. The first-order valence-corrected chi connectivity index (χ1v) is 6.04. The Hall–Kier alpha value is -1.46. The zero-order chi connectivity index (χ0) is 13.4. The van der Waals surface area contributed by atoms with Crippen molar-refractivity contribution < 1.29 is 9.53 Å². The highest BCUT2D eigenvalue weighted by Gasteiger charge is 2.08. The molecule has 0 radical (unpaired) electrons. The summed E-state index contributed by atoms with van der Waals surface area (Å²) in [5.41, 5.74) is 1.24. The van der Waals surface area contributed by atoms with E-state index in [-0.39, 0.29) is 0 Å². The topological polar surface area (TPSA) is 54.5 Å². The molecular formula is C13H21N3O2. The first-order chi connectivity index (χ1) is 8.67. The molecule has 100 valence electrons. The highest BCUT2D eigenvalue weighted by atomic mass is 16.5. The Labute approximate surface area is 108 Å². The predicted molar refractivity (Wildman–Crippen MR) is 70.5 cm³/mol. The SMILES string of the molecule is CNCCCN(C)Cc1cccc(C(=O)OC)n1. The third-order valence-corrected chi connectivity index (χ3v) is 2.60. The monoisotopic (exact) mass is 251 g/mol. The van der Waals surface area contributed by atoms with E-state index in [9.17, 15) is 4.79 Å². The molecule has 0 aliphatic carbocycles. The van der Waals surface area contributed by atoms with Gasteiger partial charge < -0.3 is 15.0 Å². The molecule has 1 aromatic heterocycles. The zero-order valence-corrected chi connectivity index (χ0v) is 11.3. The number of hydrogen-bond acceptors (Lipinski definition) is 5. The van der Waals surface area contributed by atoms with E-state index < -0.39 is 5.97 Å². The van der Waals surface area contributed by atoms with Gasteiger partial charge in [-0.15, -0.1) is 0 Å². The van der Waals surface area contributed by atoms with E-state index in [1.807, 2.05) is 26.2 Å². The predicted octanol–water partition coefficient (Wildman–Crippen LogP) is 0.909. The van der Waals surface area contributed by atoms with Crippen LogP contribution in [0.15, 0.2) is 18.2 Å². The summed E-state index contributed by atoms with van der Waals surface area (Å²) in [5, 5.41) is 3.12. The summed E-state index contributed by atoms with van der Waals surface area (Å²) in [6.07, 6.45) is 1.09. The fraction of sp³-hybridized carbons (Fsp3) is 0.538. The Morgan fingerprint density at radius 2 is 2.28 bits per heavy atom. The maximum Gasteiger partial charge on any atom is 0.356 e. The molecule has 1 aromatic rings. The number of pyridine rings is 1. The molecule has 0 saturated heterocycles. The number of hydrogen-bond donors (Lipinski definition) is 1. The van der Waals surface area contributed by atoms with Gasteiger partial charge in [0.15, 0.2) is 0 Å². The van der Waals surface area contributed by atoms with Gasteiger partial charge in [0, 0.05) is 6.54 Å². The van der Waals surface area contributed by atoms with Crippen molar-refractivity contribution in [3.63, 3.8) is 0 Å². The van der Waals surface area contributed by atoms with Crippen LogP contribution in [0.5, 0.6) is 0 Å². The van der Waals surface area contributed by atoms with E-state index in [0.717, 1.165) is 31.7 Å². The molecule has 5 nitrogen and oxygen atoms in total. The van der Waals surface area contributed by atoms with Crippen LogP contribution in [0.4, 0.5) is 0 Å². The van der Waals surface area contributed by atoms with Gasteiger partial charge >= 0.3 is 5.97 Å². The second-order valence-corrected chi connectivity index (χ2v) is 4.20. The highest BCUT2D eigenvalue weighted by molar-refractivity contribution is 5.87. The number of carbonyl (C=O) groups is 1. The van der Waals surface area contributed by atoms with Gasteiger partial charge in [-0.2, -0.15) is 0 Å². The minimum atomic E-state index is -0.394. The number of ether oxygens (including phenoxy) is 1. The van der Waals surface area contributed by atoms with E-state index in [1.54, 1.807) is 6.07 Å². The van der Waals surface area contributed by atoms with Gasteiger partial charge in [-0.3, -0.25) is 0 Å². The molecule has 0 bridgehead atoms. The molecule has 5 heteroatoms. The number of rotatable bonds is 7. The highest BCUT2D eigenvalue weighted by Crippen LogP contribution is 2.04. The Balaban J connectivity index is 2.53. The lowest BCUT2D eigenvalue weighted by Gasteiger charge is -2.16. The van der Waals surface area contributed by atoms with Crippen molar-refractivity contribution in [1.29, 1.82) is 0 Å². The molecule has 1 heterocycles. The lowest BCUT2D eigenvalue weighted by atomic mass is 10.3. The van der Waals surface area contributed by atoms with Gasteiger partial charge in [0.05, 0.1) is 12.8 Å². The molecule has 1 N–H and O–H groups in total. The molecule has 0 aliphatic heterocycles. The summed E-state index contributed by atoms with van der Waals surface area (Å²) in [4.78, 5) is 17.8. The molecule has 18 heavy (non-hydrogen) atoms. The van der Waals surface area contributed by atoms with Crippen LogP contribution in [0.3, 0.4) is 0 Å². The number of carbonyl (C=O) groups excluding carboxylic acids is 1. The summed E-state index contributed by atoms with van der Waals surface area (Å²) < 4.78 is 4.65. The third kappa shape index (κ3) is 4.81. The summed E-state index contributed by atoms with van der Waals surface area (Å²) in [7, 11) is 5.35. The molecule has 0 atom stereocenters. The van der Waals surface area contributed by atoms with Crippen LogP contribution in [0.1, 0.15) is 22.6 Å². The average Bonchev–Trinajstić information content (AvgIpc) is 2.38. The molecule has 0 aliphatic rings. The van der Waals surface area contributed by atoms with Crippen LogP contribution in [0.25, 0.3) is 0 Å². The van der Waals surface area contributed by atoms with Gasteiger partial charge in [0.1, 0.15) is 5.69 Å². The van der Waals surface area contributed by atoms with Crippen LogP contribution in [-0.4, -0.2) is 50.1 Å². The van der Waals surface area contributed by atoms with Crippen molar-refractivity contribution in [3.8, 4) is 0 Å². The summed E-state index contributed by atoms with van der Waals surface area (Å²) >= 11 is 0. The normalized spacial score (nSPS) is 10.7. The molecule has 1 rings (SSSR count). The second kappa shape index (κ2) is 7.79. The molecule has 0 saturated carbocycles. The van der Waals surface area contributed by atoms with E-state index >= 15 is 0 Å². The van der Waals surface area contributed by atoms with Gasteiger partial charge in [0.25, 0.3) is 0 Å². The lowest BCUT2D eigenvalue weighted by Crippen LogP contribution is -2.23. The number of methoxy groups -OCH3 is 1. The summed E-state index contributed by atoms with van der Waals surface area (Å²) in [6, 6.07) is 5.41. The second-order valence-electron chi connectivity index (χ2n) is 4.20. The van der Waals surface area contributed by atoms with Crippen LogP contribution in [0.2, 0.25) is 0 Å². The number of nitrogens with one attached hydrogen (secondary N) is 1. The van der Waals surface area contributed by atoms with Gasteiger partial charge in [-0.1, -0.05) is 6.07 Å². The summed E-state index contributed by atoms with van der Waals surface area (Å²) in [5.74, 6) is -0.394. The minimum Gasteiger partial charge on any atom is -0.464 e. The molecule has 0 amide bonds. The minimum absolute atomic E-state index is 0.360. The first-order valence-electron chi connectivity index (χ1n) is 6.04. The van der Waals surface area contributed by atoms with Crippen molar-refractivity contribution >= 4 is 5.97 Å². The van der Waals surface area contributed by atoms with Gasteiger partial charge in [-0.25, -0.2) is 9.78 Å². The molecule has 0 fully saturated rings. The quantitative estimate of drug-likeness (QED) is 0.576. The van der Waals surface area contributed by atoms with Crippen LogP contribution in [-0.2, 0) is 11.3 Å². The molecule has 0 aromatic carbocycles.